The van der Waals surface area contributed by atoms with Crippen LogP contribution in [0.1, 0.15) is 25.3 Å². The molecular weight excluding hydrogens is 366 g/mol. The van der Waals surface area contributed by atoms with Crippen LogP contribution in [0.4, 0.5) is 11.4 Å². The van der Waals surface area contributed by atoms with Gasteiger partial charge in [0.1, 0.15) is 11.5 Å². The number of amides is 1. The summed E-state index contributed by atoms with van der Waals surface area (Å²) in [5.41, 5.74) is 3.78. The smallest absolute Gasteiger partial charge is 0.280 e. The van der Waals surface area contributed by atoms with Crippen LogP contribution in [0.15, 0.2) is 53.1 Å². The molecule has 0 bridgehead atoms. The van der Waals surface area contributed by atoms with E-state index in [4.69, 9.17) is 9.47 Å². The van der Waals surface area contributed by atoms with Gasteiger partial charge < -0.3 is 14.4 Å². The third-order valence-electron chi connectivity index (χ3n) is 5.34. The number of hydrogen-bond acceptors (Lipinski definition) is 5. The number of methoxy groups -OCH3 is 2. The van der Waals surface area contributed by atoms with Crippen molar-refractivity contribution in [1.29, 1.82) is 0 Å². The highest BCUT2D eigenvalue weighted by Crippen LogP contribution is 2.38. The summed E-state index contributed by atoms with van der Waals surface area (Å²) in [6.07, 6.45) is 4.19. The first-order valence-electron chi connectivity index (χ1n) is 9.80. The second kappa shape index (κ2) is 7.99. The first kappa shape index (κ1) is 19.1. The van der Waals surface area contributed by atoms with Crippen LogP contribution >= 0.6 is 0 Å². The molecule has 0 radical (unpaired) electrons. The van der Waals surface area contributed by atoms with E-state index in [0.717, 1.165) is 35.8 Å². The summed E-state index contributed by atoms with van der Waals surface area (Å²) < 4.78 is 11.3. The molecule has 2 aliphatic rings. The van der Waals surface area contributed by atoms with Crippen molar-refractivity contribution >= 4 is 29.1 Å². The lowest BCUT2D eigenvalue weighted by Gasteiger charge is -2.22. The van der Waals surface area contributed by atoms with Crippen LogP contribution in [0, 0.1) is 0 Å². The van der Waals surface area contributed by atoms with E-state index in [-0.39, 0.29) is 5.91 Å². The van der Waals surface area contributed by atoms with Crippen molar-refractivity contribution < 1.29 is 14.3 Å². The molecule has 1 amide bonds. The molecule has 29 heavy (non-hydrogen) atoms. The van der Waals surface area contributed by atoms with Crippen molar-refractivity contribution in [3.63, 3.8) is 0 Å². The zero-order valence-corrected chi connectivity index (χ0v) is 17.0. The van der Waals surface area contributed by atoms with Crippen LogP contribution in [0.5, 0.6) is 11.5 Å². The average Bonchev–Trinajstić information content (AvgIpc) is 3.38. The van der Waals surface area contributed by atoms with Crippen LogP contribution in [0.3, 0.4) is 0 Å². The van der Waals surface area contributed by atoms with Gasteiger partial charge in [-0.05, 0) is 44.0 Å². The molecule has 0 aliphatic carbocycles. The first-order valence-corrected chi connectivity index (χ1v) is 9.80. The van der Waals surface area contributed by atoms with Crippen molar-refractivity contribution in [1.82, 2.24) is 0 Å². The number of rotatable bonds is 5. The molecule has 4 rings (SSSR count). The molecule has 0 aromatic heterocycles. The van der Waals surface area contributed by atoms with Gasteiger partial charge in [0.05, 0.1) is 36.9 Å². The number of carbonyl (C=O) groups excluding carboxylic acids is 1. The van der Waals surface area contributed by atoms with Crippen molar-refractivity contribution in [2.45, 2.75) is 19.8 Å². The van der Waals surface area contributed by atoms with Gasteiger partial charge in [-0.3, -0.25) is 4.79 Å². The van der Waals surface area contributed by atoms with E-state index >= 15 is 0 Å². The van der Waals surface area contributed by atoms with Gasteiger partial charge in [0.15, 0.2) is 0 Å². The average molecular weight is 391 g/mol. The Morgan fingerprint density at radius 1 is 1.00 bits per heavy atom. The van der Waals surface area contributed by atoms with E-state index in [1.807, 2.05) is 55.5 Å². The van der Waals surface area contributed by atoms with E-state index in [9.17, 15) is 4.79 Å². The highest BCUT2D eigenvalue weighted by atomic mass is 16.5. The Kier molecular flexibility index (Phi) is 5.25. The fraction of sp³-hybridized carbons (Fsp3) is 0.304. The highest BCUT2D eigenvalue weighted by molar-refractivity contribution is 6.32. The van der Waals surface area contributed by atoms with E-state index in [1.54, 1.807) is 14.2 Å². The lowest BCUT2D eigenvalue weighted by Crippen LogP contribution is -2.21. The SMILES string of the molecule is COc1cc(N2CCCC2)c(OC)cc1/C=C1/C(=O)N(c2ccccc2)N=C1C. The Balaban J connectivity index is 1.72. The van der Waals surface area contributed by atoms with Gasteiger partial charge in [-0.1, -0.05) is 18.2 Å². The molecule has 0 N–H and O–H groups in total. The molecule has 0 spiro atoms. The molecule has 6 heteroatoms. The number of ether oxygens (including phenoxy) is 2. The third kappa shape index (κ3) is 3.58. The fourth-order valence-corrected chi connectivity index (χ4v) is 3.81. The number of anilines is 2. The zero-order valence-electron chi connectivity index (χ0n) is 17.0. The van der Waals surface area contributed by atoms with E-state index in [0.29, 0.717) is 17.0 Å². The molecular formula is C23H25N3O3. The maximum Gasteiger partial charge on any atom is 0.280 e. The molecule has 1 fully saturated rings. The minimum Gasteiger partial charge on any atom is -0.496 e. The number of carbonyl (C=O) groups is 1. The largest absolute Gasteiger partial charge is 0.496 e. The number of para-hydroxylation sites is 1. The summed E-state index contributed by atoms with van der Waals surface area (Å²) in [5, 5.41) is 5.88. The fourth-order valence-electron chi connectivity index (χ4n) is 3.81. The van der Waals surface area contributed by atoms with E-state index < -0.39 is 0 Å². The van der Waals surface area contributed by atoms with Crippen molar-refractivity contribution in [3.8, 4) is 11.5 Å². The summed E-state index contributed by atoms with van der Waals surface area (Å²) >= 11 is 0. The van der Waals surface area contributed by atoms with E-state index in [2.05, 4.69) is 10.0 Å². The van der Waals surface area contributed by atoms with Gasteiger partial charge in [0.2, 0.25) is 0 Å². The summed E-state index contributed by atoms with van der Waals surface area (Å²) in [7, 11) is 3.31. The molecule has 2 aromatic rings. The molecule has 0 saturated carbocycles. The van der Waals surface area contributed by atoms with Gasteiger partial charge in [-0.2, -0.15) is 10.1 Å². The van der Waals surface area contributed by atoms with Crippen molar-refractivity contribution in [2.75, 3.05) is 37.2 Å². The maximum atomic E-state index is 13.0. The number of benzene rings is 2. The summed E-state index contributed by atoms with van der Waals surface area (Å²) in [6, 6.07) is 13.4. The Morgan fingerprint density at radius 3 is 2.34 bits per heavy atom. The lowest BCUT2D eigenvalue weighted by molar-refractivity contribution is -0.114. The molecule has 0 unspecified atom stereocenters. The van der Waals surface area contributed by atoms with Gasteiger partial charge in [0.25, 0.3) is 5.91 Å². The Bertz CT molecular complexity index is 976. The number of nitrogens with zero attached hydrogens (tertiary/aromatic N) is 3. The molecule has 2 aliphatic heterocycles. The zero-order chi connectivity index (χ0) is 20.4. The van der Waals surface area contributed by atoms with Gasteiger partial charge in [-0.15, -0.1) is 0 Å². The Hall–Kier alpha value is -3.28. The predicted molar refractivity (Wildman–Crippen MR) is 116 cm³/mol. The van der Waals surface area contributed by atoms with Gasteiger partial charge >= 0.3 is 0 Å². The summed E-state index contributed by atoms with van der Waals surface area (Å²) in [6.45, 7) is 3.86. The lowest BCUT2D eigenvalue weighted by atomic mass is 10.0. The maximum absolute atomic E-state index is 13.0. The molecule has 150 valence electrons. The minimum atomic E-state index is -0.154. The summed E-state index contributed by atoms with van der Waals surface area (Å²) in [5.74, 6) is 1.33. The second-order valence-electron chi connectivity index (χ2n) is 7.16. The van der Waals surface area contributed by atoms with Crippen molar-refractivity contribution in [3.05, 3.63) is 53.6 Å². The van der Waals surface area contributed by atoms with Crippen LogP contribution in [0.2, 0.25) is 0 Å². The topological polar surface area (TPSA) is 54.4 Å². The third-order valence-corrected chi connectivity index (χ3v) is 5.34. The van der Waals surface area contributed by atoms with Crippen LogP contribution < -0.4 is 19.4 Å². The Labute approximate surface area is 171 Å². The normalized spacial score (nSPS) is 17.8. The molecule has 2 aromatic carbocycles. The highest BCUT2D eigenvalue weighted by Gasteiger charge is 2.29. The minimum absolute atomic E-state index is 0.154. The van der Waals surface area contributed by atoms with Crippen molar-refractivity contribution in [2.24, 2.45) is 5.10 Å². The predicted octanol–water partition coefficient (Wildman–Crippen LogP) is 4.11. The van der Waals surface area contributed by atoms with Crippen LogP contribution in [-0.2, 0) is 4.79 Å². The molecule has 0 atom stereocenters. The first-order chi connectivity index (χ1) is 14.1. The van der Waals surface area contributed by atoms with E-state index in [1.165, 1.54) is 17.9 Å². The Morgan fingerprint density at radius 2 is 1.69 bits per heavy atom. The molecule has 2 heterocycles. The standard InChI is InChI=1S/C23H25N3O3/c1-16-19(23(27)26(24-16)18-9-5-4-6-10-18)13-17-14-22(29-3)20(15-21(17)28-2)25-11-7-8-12-25/h4-6,9-10,13-15H,7-8,11-12H2,1-3H3/b19-13+. The number of hydrogen-bond donors (Lipinski definition) is 0. The monoisotopic (exact) mass is 391 g/mol. The van der Waals surface area contributed by atoms with Crippen LogP contribution in [-0.4, -0.2) is 38.9 Å². The van der Waals surface area contributed by atoms with Gasteiger partial charge in [-0.25, -0.2) is 0 Å². The second-order valence-corrected chi connectivity index (χ2v) is 7.16. The van der Waals surface area contributed by atoms with Crippen LogP contribution in [0.25, 0.3) is 6.08 Å². The quantitative estimate of drug-likeness (QED) is 0.720. The van der Waals surface area contributed by atoms with Gasteiger partial charge in [0, 0.05) is 24.7 Å². The molecule has 6 nitrogen and oxygen atoms in total. The molecule has 1 saturated heterocycles. The summed E-state index contributed by atoms with van der Waals surface area (Å²) in [4.78, 5) is 15.3. The number of hydrazone groups is 1.